The predicted octanol–water partition coefficient (Wildman–Crippen LogP) is 5.31. The minimum Gasteiger partial charge on any atom is -0.334 e. The van der Waals surface area contributed by atoms with Gasteiger partial charge in [-0.25, -0.2) is 0 Å². The van der Waals surface area contributed by atoms with Crippen LogP contribution >= 0.6 is 11.8 Å². The van der Waals surface area contributed by atoms with Gasteiger partial charge < -0.3 is 9.88 Å². The molecular weight excluding hydrogens is 328 g/mol. The first kappa shape index (κ1) is 16.3. The van der Waals surface area contributed by atoms with E-state index in [0.29, 0.717) is 5.25 Å². The maximum absolute atomic E-state index is 13.1. The summed E-state index contributed by atoms with van der Waals surface area (Å²) in [6, 6.07) is 12.5. The topological polar surface area (TPSA) is 34.0 Å². The fourth-order valence-electron chi connectivity index (χ4n) is 3.83. The van der Waals surface area contributed by atoms with Crippen molar-refractivity contribution in [2.75, 3.05) is 5.32 Å². The summed E-state index contributed by atoms with van der Waals surface area (Å²) in [6.07, 6.45) is 0. The van der Waals surface area contributed by atoms with Crippen molar-refractivity contribution in [2.45, 2.75) is 44.4 Å². The number of rotatable bonds is 2. The highest BCUT2D eigenvalue weighted by atomic mass is 32.2. The Morgan fingerprint density at radius 3 is 2.60 bits per heavy atom. The second-order valence-electron chi connectivity index (χ2n) is 6.99. The third-order valence-corrected chi connectivity index (χ3v) is 5.93. The second-order valence-corrected chi connectivity index (χ2v) is 8.47. The van der Waals surface area contributed by atoms with Crippen LogP contribution in [0.4, 0.5) is 5.69 Å². The monoisotopic (exact) mass is 350 g/mol. The van der Waals surface area contributed by atoms with Crippen LogP contribution in [0.5, 0.6) is 0 Å². The molecule has 4 heteroatoms. The molecule has 128 valence electrons. The number of anilines is 1. The number of hydrogen-bond donors (Lipinski definition) is 1. The molecule has 0 spiro atoms. The smallest absolute Gasteiger partial charge is 0.272 e. The van der Waals surface area contributed by atoms with E-state index in [1.54, 1.807) is 0 Å². The molecule has 0 aliphatic carbocycles. The molecule has 1 atom stereocenters. The number of thioether (sulfide) groups is 1. The van der Waals surface area contributed by atoms with Gasteiger partial charge in [0.1, 0.15) is 5.69 Å². The Morgan fingerprint density at radius 1 is 1.16 bits per heavy atom. The van der Waals surface area contributed by atoms with Crippen molar-refractivity contribution in [3.8, 4) is 0 Å². The van der Waals surface area contributed by atoms with Crippen LogP contribution < -0.4 is 5.32 Å². The summed E-state index contributed by atoms with van der Waals surface area (Å²) in [5.41, 5.74) is 6.27. The molecule has 0 saturated carbocycles. The minimum atomic E-state index is -0.0312. The molecule has 3 nitrogen and oxygen atoms in total. The van der Waals surface area contributed by atoms with Crippen LogP contribution in [0.25, 0.3) is 10.9 Å². The summed E-state index contributed by atoms with van der Waals surface area (Å²) in [7, 11) is 0. The molecule has 0 radical (unpaired) electrons. The number of benzene rings is 2. The predicted molar refractivity (Wildman–Crippen MR) is 106 cm³/mol. The highest BCUT2D eigenvalue weighted by Crippen LogP contribution is 2.38. The van der Waals surface area contributed by atoms with E-state index in [-0.39, 0.29) is 5.91 Å². The highest BCUT2D eigenvalue weighted by molar-refractivity contribution is 8.00. The number of aryl methyl sites for hydroxylation is 3. The number of aromatic nitrogens is 1. The van der Waals surface area contributed by atoms with E-state index in [0.717, 1.165) is 34.4 Å². The van der Waals surface area contributed by atoms with Gasteiger partial charge in [0.25, 0.3) is 5.91 Å². The average Bonchev–Trinajstić information content (AvgIpc) is 2.91. The number of nitrogens with zero attached hydrogens (tertiary/aromatic N) is 1. The molecule has 1 aliphatic rings. The van der Waals surface area contributed by atoms with Crippen LogP contribution in [-0.4, -0.2) is 15.7 Å². The number of carbonyl (C=O) groups is 1. The molecule has 25 heavy (non-hydrogen) atoms. The van der Waals surface area contributed by atoms with E-state index in [1.165, 1.54) is 16.0 Å². The molecule has 1 aromatic heterocycles. The van der Waals surface area contributed by atoms with Gasteiger partial charge >= 0.3 is 0 Å². The van der Waals surface area contributed by atoms with Crippen molar-refractivity contribution < 1.29 is 4.79 Å². The van der Waals surface area contributed by atoms with Crippen molar-refractivity contribution in [1.82, 2.24) is 4.57 Å². The lowest BCUT2D eigenvalue weighted by Crippen LogP contribution is -2.22. The Balaban J connectivity index is 1.78. The molecule has 2 aromatic carbocycles. The van der Waals surface area contributed by atoms with Crippen LogP contribution in [0.3, 0.4) is 0 Å². The van der Waals surface area contributed by atoms with E-state index in [9.17, 15) is 4.79 Å². The zero-order valence-corrected chi connectivity index (χ0v) is 15.8. The first-order valence-electron chi connectivity index (χ1n) is 8.62. The van der Waals surface area contributed by atoms with E-state index in [2.05, 4.69) is 54.1 Å². The number of amides is 1. The van der Waals surface area contributed by atoms with Crippen LogP contribution in [0.2, 0.25) is 0 Å². The number of para-hydroxylation sites is 1. The van der Waals surface area contributed by atoms with Crippen LogP contribution in [0.15, 0.2) is 41.3 Å². The molecule has 4 rings (SSSR count). The standard InChI is InChI=1S/C21H22N2OS/c1-12-8-13(2)19(14(3)9-12)22-21(24)17-10-16-6-5-7-18-20(16)23(17)11-15(4)25-18/h5-10,15H,11H2,1-4H3,(H,22,24). The molecule has 2 heterocycles. The van der Waals surface area contributed by atoms with E-state index in [4.69, 9.17) is 0 Å². The number of hydrogen-bond acceptors (Lipinski definition) is 2. The number of carbonyl (C=O) groups excluding carboxylic acids is 1. The first-order valence-corrected chi connectivity index (χ1v) is 9.50. The Morgan fingerprint density at radius 2 is 1.88 bits per heavy atom. The summed E-state index contributed by atoms with van der Waals surface area (Å²) in [5, 5.41) is 4.75. The van der Waals surface area contributed by atoms with Gasteiger partial charge in [0.05, 0.1) is 5.52 Å². The van der Waals surface area contributed by atoms with Crippen LogP contribution in [-0.2, 0) is 6.54 Å². The molecule has 0 saturated heterocycles. The molecular formula is C21H22N2OS. The average molecular weight is 350 g/mol. The maximum Gasteiger partial charge on any atom is 0.272 e. The Labute approximate surface area is 152 Å². The van der Waals surface area contributed by atoms with Gasteiger partial charge in [0, 0.05) is 27.8 Å². The number of nitrogens with one attached hydrogen (secondary N) is 1. The Kier molecular flexibility index (Phi) is 3.88. The first-order chi connectivity index (χ1) is 11.9. The van der Waals surface area contributed by atoms with Gasteiger partial charge in [0.15, 0.2) is 0 Å². The Bertz CT molecular complexity index is 980. The molecule has 1 amide bonds. The van der Waals surface area contributed by atoms with Gasteiger partial charge in [-0.1, -0.05) is 36.8 Å². The van der Waals surface area contributed by atoms with Gasteiger partial charge in [0.2, 0.25) is 0 Å². The lowest BCUT2D eigenvalue weighted by atomic mass is 10.0. The molecule has 3 aromatic rings. The molecule has 1 N–H and O–H groups in total. The zero-order valence-electron chi connectivity index (χ0n) is 15.0. The van der Waals surface area contributed by atoms with Crippen LogP contribution in [0.1, 0.15) is 34.1 Å². The van der Waals surface area contributed by atoms with Crippen LogP contribution in [0, 0.1) is 20.8 Å². The van der Waals surface area contributed by atoms with Crippen molar-refractivity contribution in [1.29, 1.82) is 0 Å². The molecule has 0 fully saturated rings. The zero-order chi connectivity index (χ0) is 17.7. The highest BCUT2D eigenvalue weighted by Gasteiger charge is 2.24. The fraction of sp³-hybridized carbons (Fsp3) is 0.286. The third kappa shape index (κ3) is 2.74. The molecule has 1 aliphatic heterocycles. The molecule has 1 unspecified atom stereocenters. The van der Waals surface area contributed by atoms with E-state index < -0.39 is 0 Å². The van der Waals surface area contributed by atoms with Gasteiger partial charge in [-0.05, 0) is 44.0 Å². The largest absolute Gasteiger partial charge is 0.334 e. The van der Waals surface area contributed by atoms with Crippen molar-refractivity contribution in [3.63, 3.8) is 0 Å². The van der Waals surface area contributed by atoms with Gasteiger partial charge in [-0.3, -0.25) is 4.79 Å². The van der Waals surface area contributed by atoms with Crippen molar-refractivity contribution in [3.05, 3.63) is 58.8 Å². The maximum atomic E-state index is 13.1. The quantitative estimate of drug-likeness (QED) is 0.679. The molecule has 0 bridgehead atoms. The SMILES string of the molecule is Cc1cc(C)c(NC(=O)c2cc3cccc4c3n2CC(C)S4)c(C)c1. The summed E-state index contributed by atoms with van der Waals surface area (Å²) < 4.78 is 2.18. The lowest BCUT2D eigenvalue weighted by Gasteiger charge is -2.23. The Hall–Kier alpha value is -2.20. The van der Waals surface area contributed by atoms with Crippen molar-refractivity contribution >= 4 is 34.3 Å². The third-order valence-electron chi connectivity index (χ3n) is 4.80. The summed E-state index contributed by atoms with van der Waals surface area (Å²) in [5.74, 6) is -0.0312. The summed E-state index contributed by atoms with van der Waals surface area (Å²) in [6.45, 7) is 9.24. The minimum absolute atomic E-state index is 0.0312. The van der Waals surface area contributed by atoms with Gasteiger partial charge in [-0.15, -0.1) is 11.8 Å². The normalized spacial score (nSPS) is 16.2. The summed E-state index contributed by atoms with van der Waals surface area (Å²) >= 11 is 1.89. The lowest BCUT2D eigenvalue weighted by molar-refractivity contribution is 0.101. The van der Waals surface area contributed by atoms with E-state index >= 15 is 0 Å². The fourth-order valence-corrected chi connectivity index (χ4v) is 4.98. The second kappa shape index (κ2) is 5.95. The van der Waals surface area contributed by atoms with E-state index in [1.807, 2.05) is 31.7 Å². The summed E-state index contributed by atoms with van der Waals surface area (Å²) in [4.78, 5) is 14.3. The van der Waals surface area contributed by atoms with Gasteiger partial charge in [-0.2, -0.15) is 0 Å². The van der Waals surface area contributed by atoms with Crippen molar-refractivity contribution in [2.24, 2.45) is 0 Å².